The minimum Gasteiger partial charge on any atom is -0.357 e. The van der Waals surface area contributed by atoms with Crippen LogP contribution in [0.25, 0.3) is 0 Å². The Morgan fingerprint density at radius 3 is 2.09 bits per heavy atom. The number of nitrogens with one attached hydrogen (secondary N) is 1. The summed E-state index contributed by atoms with van der Waals surface area (Å²) < 4.78 is 29.3. The van der Waals surface area contributed by atoms with Crippen LogP contribution in [0.1, 0.15) is 22.3 Å². The van der Waals surface area contributed by atoms with E-state index in [1.807, 2.05) is 50.2 Å². The SMILES string of the molecule is CNC(=O)[C@@H](Cc1ccccc1)N(Cc1ccc(Cl)c(Cl)c1)C(=O)CN(c1cccc(C)c1C)S(=O)(=O)c1ccccc1. The molecule has 0 aliphatic heterocycles. The van der Waals surface area contributed by atoms with Gasteiger partial charge in [0, 0.05) is 20.0 Å². The van der Waals surface area contributed by atoms with Crippen LogP contribution in [0, 0.1) is 13.8 Å². The maximum atomic E-state index is 14.4. The summed E-state index contributed by atoms with van der Waals surface area (Å²) in [6, 6.07) is 26.7. The number of hydrogen-bond acceptors (Lipinski definition) is 4. The van der Waals surface area contributed by atoms with Crippen molar-refractivity contribution in [1.82, 2.24) is 10.2 Å². The van der Waals surface area contributed by atoms with Gasteiger partial charge in [0.2, 0.25) is 11.8 Å². The molecule has 0 fully saturated rings. The fourth-order valence-electron chi connectivity index (χ4n) is 4.79. The van der Waals surface area contributed by atoms with Gasteiger partial charge in [0.15, 0.2) is 0 Å². The van der Waals surface area contributed by atoms with Gasteiger partial charge >= 0.3 is 0 Å². The van der Waals surface area contributed by atoms with Gasteiger partial charge in [0.1, 0.15) is 12.6 Å². The second kappa shape index (κ2) is 14.1. The number of anilines is 1. The van der Waals surface area contributed by atoms with E-state index in [-0.39, 0.29) is 23.8 Å². The molecule has 0 heterocycles. The molecule has 4 aromatic rings. The summed E-state index contributed by atoms with van der Waals surface area (Å²) >= 11 is 12.4. The fourth-order valence-corrected chi connectivity index (χ4v) is 6.61. The smallest absolute Gasteiger partial charge is 0.264 e. The van der Waals surface area contributed by atoms with Gasteiger partial charge in [0.05, 0.1) is 20.6 Å². The van der Waals surface area contributed by atoms with E-state index in [0.717, 1.165) is 21.0 Å². The molecule has 0 radical (unpaired) electrons. The van der Waals surface area contributed by atoms with Crippen LogP contribution in [0.4, 0.5) is 5.69 Å². The van der Waals surface area contributed by atoms with Crippen LogP contribution in [0.15, 0.2) is 102 Å². The number of benzene rings is 4. The zero-order chi connectivity index (χ0) is 31.1. The number of aryl methyl sites for hydroxylation is 1. The molecule has 10 heteroatoms. The minimum absolute atomic E-state index is 0.00728. The number of hydrogen-bond donors (Lipinski definition) is 1. The molecule has 4 rings (SSSR count). The molecular weight excluding hydrogens is 605 g/mol. The average molecular weight is 639 g/mol. The molecule has 0 unspecified atom stereocenters. The minimum atomic E-state index is -4.17. The van der Waals surface area contributed by atoms with Crippen molar-refractivity contribution in [1.29, 1.82) is 0 Å². The average Bonchev–Trinajstić information content (AvgIpc) is 3.01. The van der Waals surface area contributed by atoms with Crippen LogP contribution in [0.2, 0.25) is 10.0 Å². The van der Waals surface area contributed by atoms with Crippen molar-refractivity contribution in [3.63, 3.8) is 0 Å². The molecular formula is C33H33Cl2N3O4S. The molecule has 0 saturated carbocycles. The van der Waals surface area contributed by atoms with E-state index >= 15 is 0 Å². The Labute approximate surface area is 263 Å². The van der Waals surface area contributed by atoms with Crippen molar-refractivity contribution in [3.8, 4) is 0 Å². The van der Waals surface area contributed by atoms with Crippen molar-refractivity contribution in [2.24, 2.45) is 0 Å². The second-order valence-corrected chi connectivity index (χ2v) is 12.8. The van der Waals surface area contributed by atoms with Crippen molar-refractivity contribution >= 4 is 50.7 Å². The van der Waals surface area contributed by atoms with E-state index in [0.29, 0.717) is 21.3 Å². The number of likely N-dealkylation sites (N-methyl/N-ethyl adjacent to an activating group) is 1. The zero-order valence-electron chi connectivity index (χ0n) is 24.1. The zero-order valence-corrected chi connectivity index (χ0v) is 26.5. The lowest BCUT2D eigenvalue weighted by Crippen LogP contribution is -2.53. The third kappa shape index (κ3) is 7.57. The summed E-state index contributed by atoms with van der Waals surface area (Å²) in [7, 11) is -2.67. The lowest BCUT2D eigenvalue weighted by Gasteiger charge is -2.34. The Morgan fingerprint density at radius 2 is 1.47 bits per heavy atom. The number of amides is 2. The van der Waals surface area contributed by atoms with Crippen molar-refractivity contribution < 1.29 is 18.0 Å². The summed E-state index contributed by atoms with van der Waals surface area (Å²) in [6.45, 7) is 3.16. The predicted octanol–water partition coefficient (Wildman–Crippen LogP) is 6.19. The van der Waals surface area contributed by atoms with Crippen molar-refractivity contribution in [3.05, 3.63) is 129 Å². The Balaban J connectivity index is 1.82. The molecule has 7 nitrogen and oxygen atoms in total. The predicted molar refractivity (Wildman–Crippen MR) is 172 cm³/mol. The molecule has 224 valence electrons. The number of carbonyl (C=O) groups is 2. The Bertz CT molecular complexity index is 1700. The molecule has 43 heavy (non-hydrogen) atoms. The molecule has 1 N–H and O–H groups in total. The van der Waals surface area contributed by atoms with Crippen molar-refractivity contribution in [2.75, 3.05) is 17.9 Å². The molecule has 2 amide bonds. The van der Waals surface area contributed by atoms with Gasteiger partial charge < -0.3 is 10.2 Å². The third-order valence-electron chi connectivity index (χ3n) is 7.31. The monoisotopic (exact) mass is 637 g/mol. The summed E-state index contributed by atoms with van der Waals surface area (Å²) in [6.07, 6.45) is 0.211. The van der Waals surface area contributed by atoms with Gasteiger partial charge in [-0.15, -0.1) is 0 Å². The summed E-state index contributed by atoms with van der Waals surface area (Å²) in [5.74, 6) is -0.947. The highest BCUT2D eigenvalue weighted by Gasteiger charge is 2.35. The van der Waals surface area contributed by atoms with Gasteiger partial charge in [-0.1, -0.05) is 89.9 Å². The Hall–Kier alpha value is -3.85. The van der Waals surface area contributed by atoms with Crippen LogP contribution in [0.3, 0.4) is 0 Å². The lowest BCUT2D eigenvalue weighted by atomic mass is 10.0. The van der Waals surface area contributed by atoms with E-state index in [1.165, 1.54) is 24.1 Å². The number of halogens is 2. The van der Waals surface area contributed by atoms with E-state index in [2.05, 4.69) is 5.32 Å². The van der Waals surface area contributed by atoms with Crippen molar-refractivity contribution in [2.45, 2.75) is 37.8 Å². The summed E-state index contributed by atoms with van der Waals surface area (Å²) in [5, 5.41) is 3.33. The van der Waals surface area contributed by atoms with Crippen LogP contribution in [0.5, 0.6) is 0 Å². The molecule has 0 spiro atoms. The molecule has 0 aliphatic carbocycles. The highest BCUT2D eigenvalue weighted by atomic mass is 35.5. The first-order chi connectivity index (χ1) is 20.5. The maximum Gasteiger partial charge on any atom is 0.264 e. The van der Waals surface area contributed by atoms with Crippen LogP contribution >= 0.6 is 23.2 Å². The van der Waals surface area contributed by atoms with Gasteiger partial charge in [0.25, 0.3) is 10.0 Å². The topological polar surface area (TPSA) is 86.8 Å². The Morgan fingerprint density at radius 1 is 0.814 bits per heavy atom. The first-order valence-corrected chi connectivity index (χ1v) is 15.9. The second-order valence-electron chi connectivity index (χ2n) is 10.1. The van der Waals surface area contributed by atoms with E-state index in [9.17, 15) is 18.0 Å². The molecule has 0 aliphatic rings. The quantitative estimate of drug-likeness (QED) is 0.212. The van der Waals surface area contributed by atoms with Gasteiger partial charge in [-0.3, -0.25) is 13.9 Å². The summed E-state index contributed by atoms with van der Waals surface area (Å²) in [5.41, 5.74) is 3.45. The normalized spacial score (nSPS) is 11.9. The van der Waals surface area contributed by atoms with E-state index in [4.69, 9.17) is 23.2 Å². The van der Waals surface area contributed by atoms with Crippen LogP contribution < -0.4 is 9.62 Å². The number of rotatable bonds is 11. The van der Waals surface area contributed by atoms with Crippen LogP contribution in [-0.4, -0.2) is 44.8 Å². The highest BCUT2D eigenvalue weighted by molar-refractivity contribution is 7.92. The molecule has 0 saturated heterocycles. The largest absolute Gasteiger partial charge is 0.357 e. The molecule has 1 atom stereocenters. The Kier molecular flexibility index (Phi) is 10.5. The first kappa shape index (κ1) is 32.1. The standard InChI is InChI=1S/C33H33Cl2N3O4S/c1-23-11-10-16-30(24(23)2)38(43(41,42)27-14-8-5-9-15-27)22-32(39)37(21-26-17-18-28(34)29(35)19-26)31(33(40)36-3)20-25-12-6-4-7-13-25/h4-19,31H,20-22H2,1-3H3,(H,36,40)/t31-/m1/s1. The van der Waals surface area contributed by atoms with Gasteiger partial charge in [-0.2, -0.15) is 0 Å². The summed E-state index contributed by atoms with van der Waals surface area (Å²) in [4.78, 5) is 29.2. The van der Waals surface area contributed by atoms with E-state index in [1.54, 1.807) is 48.5 Å². The van der Waals surface area contributed by atoms with E-state index < -0.39 is 28.5 Å². The fraction of sp³-hybridized carbons (Fsp3) is 0.212. The molecule has 0 aromatic heterocycles. The lowest BCUT2D eigenvalue weighted by molar-refractivity contribution is -0.139. The maximum absolute atomic E-state index is 14.4. The van der Waals surface area contributed by atoms with Gasteiger partial charge in [-0.25, -0.2) is 8.42 Å². The first-order valence-electron chi connectivity index (χ1n) is 13.7. The number of carbonyl (C=O) groups excluding carboxylic acids is 2. The molecule has 4 aromatic carbocycles. The highest BCUT2D eigenvalue weighted by Crippen LogP contribution is 2.30. The van der Waals surface area contributed by atoms with Crippen LogP contribution in [-0.2, 0) is 32.6 Å². The number of sulfonamides is 1. The van der Waals surface area contributed by atoms with Gasteiger partial charge in [-0.05, 0) is 66.4 Å². The third-order valence-corrected chi connectivity index (χ3v) is 9.82. The number of nitrogens with zero attached hydrogens (tertiary/aromatic N) is 2. The molecule has 0 bridgehead atoms.